The quantitative estimate of drug-likeness (QED) is 0.713. The molecule has 1 aliphatic heterocycles. The minimum absolute atomic E-state index is 0.0641. The van der Waals surface area contributed by atoms with Crippen LogP contribution in [0.1, 0.15) is 10.4 Å². The Morgan fingerprint density at radius 3 is 2.33 bits per heavy atom. The van der Waals surface area contributed by atoms with Crippen molar-refractivity contribution in [1.29, 1.82) is 0 Å². The van der Waals surface area contributed by atoms with E-state index in [1.54, 1.807) is 12.1 Å². The molecule has 1 aromatic carbocycles. The maximum Gasteiger partial charge on any atom is 0.337 e. The number of carbonyl (C=O) groups excluding carboxylic acids is 3. The number of nitrogens with one attached hydrogen (secondary N) is 1. The zero-order valence-corrected chi connectivity index (χ0v) is 13.4. The number of rotatable bonds is 6. The molecule has 0 radical (unpaired) electrons. The molecule has 0 unspecified atom stereocenters. The van der Waals surface area contributed by atoms with Crippen LogP contribution in [0, 0.1) is 0 Å². The molecule has 8 nitrogen and oxygen atoms in total. The standard InChI is InChI=1S/C16H18N2O6/c1-23-15(21)10-3-5-11(6-4-10)17-13-12(16(22)24-2)9-18(7-8-19)14(13)20/h3-6,17,19H,7-9H2,1-2H3. The third kappa shape index (κ3) is 3.54. The van der Waals surface area contributed by atoms with E-state index >= 15 is 0 Å². The van der Waals surface area contributed by atoms with Crippen molar-refractivity contribution < 1.29 is 29.0 Å². The second-order valence-corrected chi connectivity index (χ2v) is 4.99. The lowest BCUT2D eigenvalue weighted by atomic mass is 10.2. The van der Waals surface area contributed by atoms with Gasteiger partial charge < -0.3 is 24.8 Å². The number of hydrogen-bond donors (Lipinski definition) is 2. The number of esters is 2. The second-order valence-electron chi connectivity index (χ2n) is 4.99. The molecule has 0 aromatic heterocycles. The Morgan fingerprint density at radius 1 is 1.17 bits per heavy atom. The van der Waals surface area contributed by atoms with Crippen LogP contribution in [-0.2, 0) is 19.1 Å². The highest BCUT2D eigenvalue weighted by atomic mass is 16.5. The molecular formula is C16H18N2O6. The summed E-state index contributed by atoms with van der Waals surface area (Å²) in [5.41, 5.74) is 1.18. The number of amides is 1. The van der Waals surface area contributed by atoms with E-state index < -0.39 is 17.8 Å². The monoisotopic (exact) mass is 334 g/mol. The van der Waals surface area contributed by atoms with Crippen LogP contribution >= 0.6 is 0 Å². The molecule has 128 valence electrons. The van der Waals surface area contributed by atoms with Gasteiger partial charge in [0.15, 0.2) is 0 Å². The number of β-amino-alcohol motifs (C(OH)–C–C–N with tert-alkyl or cyclic N) is 1. The highest BCUT2D eigenvalue weighted by molar-refractivity contribution is 6.08. The molecule has 0 saturated carbocycles. The molecule has 1 heterocycles. The number of anilines is 1. The van der Waals surface area contributed by atoms with Crippen molar-refractivity contribution in [1.82, 2.24) is 4.90 Å². The summed E-state index contributed by atoms with van der Waals surface area (Å²) >= 11 is 0. The lowest BCUT2D eigenvalue weighted by Gasteiger charge is -2.15. The molecule has 1 aliphatic rings. The molecule has 2 rings (SSSR count). The van der Waals surface area contributed by atoms with Gasteiger partial charge in [0.2, 0.25) is 0 Å². The Kier molecular flexibility index (Phi) is 5.54. The summed E-state index contributed by atoms with van der Waals surface area (Å²) in [4.78, 5) is 37.0. The number of nitrogens with zero attached hydrogens (tertiary/aromatic N) is 1. The van der Waals surface area contributed by atoms with Crippen molar-refractivity contribution in [2.24, 2.45) is 0 Å². The van der Waals surface area contributed by atoms with E-state index in [-0.39, 0.29) is 31.0 Å². The fraction of sp³-hybridized carbons (Fsp3) is 0.312. The first kappa shape index (κ1) is 17.5. The molecule has 24 heavy (non-hydrogen) atoms. The number of benzene rings is 1. The zero-order valence-electron chi connectivity index (χ0n) is 13.4. The van der Waals surface area contributed by atoms with Crippen LogP contribution in [0.2, 0.25) is 0 Å². The van der Waals surface area contributed by atoms with Crippen molar-refractivity contribution in [3.8, 4) is 0 Å². The number of aliphatic hydroxyl groups excluding tert-OH is 1. The molecule has 1 aromatic rings. The summed E-state index contributed by atoms with van der Waals surface area (Å²) in [5, 5.41) is 11.9. The lowest BCUT2D eigenvalue weighted by molar-refractivity contribution is -0.136. The van der Waals surface area contributed by atoms with Gasteiger partial charge in [-0.2, -0.15) is 0 Å². The Morgan fingerprint density at radius 2 is 1.79 bits per heavy atom. The van der Waals surface area contributed by atoms with E-state index in [2.05, 4.69) is 10.1 Å². The minimum atomic E-state index is -0.613. The average molecular weight is 334 g/mol. The van der Waals surface area contributed by atoms with Gasteiger partial charge in [-0.3, -0.25) is 4.79 Å². The third-order valence-electron chi connectivity index (χ3n) is 3.53. The molecule has 0 bridgehead atoms. The molecule has 0 spiro atoms. The van der Waals surface area contributed by atoms with Crippen LogP contribution in [-0.4, -0.2) is 61.8 Å². The zero-order chi connectivity index (χ0) is 17.7. The summed E-state index contributed by atoms with van der Waals surface area (Å²) in [6.07, 6.45) is 0. The van der Waals surface area contributed by atoms with Gasteiger partial charge in [0.1, 0.15) is 5.70 Å². The van der Waals surface area contributed by atoms with Crippen molar-refractivity contribution >= 4 is 23.5 Å². The molecule has 2 N–H and O–H groups in total. The number of hydrogen-bond acceptors (Lipinski definition) is 7. The highest BCUT2D eigenvalue weighted by Gasteiger charge is 2.34. The van der Waals surface area contributed by atoms with Crippen LogP contribution in [0.25, 0.3) is 0 Å². The van der Waals surface area contributed by atoms with Gasteiger partial charge in [0, 0.05) is 12.2 Å². The molecular weight excluding hydrogens is 316 g/mol. The normalized spacial score (nSPS) is 14.0. The van der Waals surface area contributed by atoms with E-state index in [9.17, 15) is 14.4 Å². The molecule has 8 heteroatoms. The lowest BCUT2D eigenvalue weighted by Crippen LogP contribution is -2.31. The summed E-state index contributed by atoms with van der Waals surface area (Å²) in [5.74, 6) is -1.49. The number of carbonyl (C=O) groups is 3. The second kappa shape index (κ2) is 7.60. The largest absolute Gasteiger partial charge is 0.466 e. The van der Waals surface area contributed by atoms with Crippen LogP contribution in [0.3, 0.4) is 0 Å². The summed E-state index contributed by atoms with van der Waals surface area (Å²) in [6.45, 7) is -0.0261. The Balaban J connectivity index is 2.25. The van der Waals surface area contributed by atoms with Crippen LogP contribution < -0.4 is 5.32 Å². The van der Waals surface area contributed by atoms with E-state index in [4.69, 9.17) is 9.84 Å². The van der Waals surface area contributed by atoms with E-state index in [0.717, 1.165) is 0 Å². The number of aliphatic hydroxyl groups is 1. The van der Waals surface area contributed by atoms with E-state index in [1.165, 1.54) is 31.3 Å². The van der Waals surface area contributed by atoms with Crippen LogP contribution in [0.4, 0.5) is 5.69 Å². The predicted octanol–water partition coefficient (Wildman–Crippen LogP) is 0.147. The van der Waals surface area contributed by atoms with Crippen molar-refractivity contribution in [3.63, 3.8) is 0 Å². The maximum atomic E-state index is 12.4. The van der Waals surface area contributed by atoms with E-state index in [0.29, 0.717) is 11.3 Å². The summed E-state index contributed by atoms with van der Waals surface area (Å²) < 4.78 is 9.32. The first-order valence-electron chi connectivity index (χ1n) is 7.18. The van der Waals surface area contributed by atoms with Gasteiger partial charge in [-0.15, -0.1) is 0 Å². The van der Waals surface area contributed by atoms with Gasteiger partial charge in [0.05, 0.1) is 38.5 Å². The van der Waals surface area contributed by atoms with Crippen LogP contribution in [0.15, 0.2) is 35.5 Å². The molecule has 0 atom stereocenters. The van der Waals surface area contributed by atoms with Crippen LogP contribution in [0.5, 0.6) is 0 Å². The fourth-order valence-corrected chi connectivity index (χ4v) is 2.30. The average Bonchev–Trinajstić information content (AvgIpc) is 2.91. The first-order valence-corrected chi connectivity index (χ1v) is 7.18. The SMILES string of the molecule is COC(=O)C1=C(Nc2ccc(C(=O)OC)cc2)C(=O)N(CCO)C1. The number of methoxy groups -OCH3 is 2. The van der Waals surface area contributed by atoms with Gasteiger partial charge in [0.25, 0.3) is 5.91 Å². The van der Waals surface area contributed by atoms with Gasteiger partial charge >= 0.3 is 11.9 Å². The van der Waals surface area contributed by atoms with Gasteiger partial charge in [-0.05, 0) is 24.3 Å². The number of ether oxygens (including phenoxy) is 2. The van der Waals surface area contributed by atoms with Gasteiger partial charge in [-0.25, -0.2) is 9.59 Å². The maximum absolute atomic E-state index is 12.4. The molecule has 0 saturated heterocycles. The third-order valence-corrected chi connectivity index (χ3v) is 3.53. The molecule has 0 aliphatic carbocycles. The Bertz CT molecular complexity index is 680. The van der Waals surface area contributed by atoms with Crippen molar-refractivity contribution in [2.45, 2.75) is 0 Å². The van der Waals surface area contributed by atoms with E-state index in [1.807, 2.05) is 0 Å². The minimum Gasteiger partial charge on any atom is -0.466 e. The highest BCUT2D eigenvalue weighted by Crippen LogP contribution is 2.23. The summed E-state index contributed by atoms with van der Waals surface area (Å²) in [6, 6.07) is 6.27. The smallest absolute Gasteiger partial charge is 0.337 e. The van der Waals surface area contributed by atoms with Gasteiger partial charge in [-0.1, -0.05) is 0 Å². The first-order chi connectivity index (χ1) is 11.5. The van der Waals surface area contributed by atoms with Crippen molar-refractivity contribution in [3.05, 3.63) is 41.1 Å². The molecule has 0 fully saturated rings. The Labute approximate surface area is 138 Å². The predicted molar refractivity (Wildman–Crippen MR) is 84.1 cm³/mol. The topological polar surface area (TPSA) is 105 Å². The Hall–Kier alpha value is -2.87. The molecule has 1 amide bonds. The van der Waals surface area contributed by atoms with Crippen molar-refractivity contribution in [2.75, 3.05) is 39.2 Å². The summed E-state index contributed by atoms with van der Waals surface area (Å²) in [7, 11) is 2.52. The fourth-order valence-electron chi connectivity index (χ4n) is 2.30.